The molecule has 0 unspecified atom stereocenters. The molecule has 4 rings (SSSR count). The molecule has 3 heterocycles. The van der Waals surface area contributed by atoms with Crippen molar-refractivity contribution < 1.29 is 24.2 Å². The highest BCUT2D eigenvalue weighted by Gasteiger charge is 2.19. The van der Waals surface area contributed by atoms with Crippen LogP contribution in [0.5, 0.6) is 5.88 Å². The molecule has 0 saturated heterocycles. The maximum atomic E-state index is 12.5. The van der Waals surface area contributed by atoms with Gasteiger partial charge < -0.3 is 14.6 Å². The number of pyridine rings is 1. The zero-order valence-electron chi connectivity index (χ0n) is 15.5. The standard InChI is InChI=1S/C20H17N3O5S/c1-27-18-15-16(14(10-21-18)11-6-8-28-9-7-11)29-20(22-15)23-17(24)12-2-4-13(5-3-12)19(25)26/h2-6,10H,7-9H2,1H3,(H,25,26)(H,22,23,24). The second-order valence-electron chi connectivity index (χ2n) is 6.27. The molecule has 0 radical (unpaired) electrons. The minimum absolute atomic E-state index is 0.117. The van der Waals surface area contributed by atoms with Crippen LogP contribution in [-0.2, 0) is 4.74 Å². The molecule has 1 amide bonds. The fourth-order valence-electron chi connectivity index (χ4n) is 3.03. The average molecular weight is 411 g/mol. The number of aromatic nitrogens is 2. The predicted molar refractivity (Wildman–Crippen MR) is 109 cm³/mol. The third-order valence-electron chi connectivity index (χ3n) is 4.50. The van der Waals surface area contributed by atoms with E-state index < -0.39 is 5.97 Å². The van der Waals surface area contributed by atoms with Crippen molar-refractivity contribution in [2.24, 2.45) is 0 Å². The Bertz CT molecular complexity index is 1120. The number of benzene rings is 1. The molecule has 1 aliphatic rings. The van der Waals surface area contributed by atoms with E-state index >= 15 is 0 Å². The van der Waals surface area contributed by atoms with Gasteiger partial charge in [0.15, 0.2) is 5.13 Å². The Kier molecular flexibility index (Phi) is 5.24. The van der Waals surface area contributed by atoms with E-state index in [1.54, 1.807) is 6.20 Å². The quantitative estimate of drug-likeness (QED) is 0.661. The SMILES string of the molecule is COc1ncc(C2=CCOCC2)c2sc(NC(=O)c3ccc(C(=O)O)cc3)nc12. The molecule has 3 aromatic rings. The molecule has 148 valence electrons. The Morgan fingerprint density at radius 2 is 2.00 bits per heavy atom. The number of fused-ring (bicyclic) bond motifs is 1. The van der Waals surface area contributed by atoms with Crippen molar-refractivity contribution in [3.63, 3.8) is 0 Å². The lowest BCUT2D eigenvalue weighted by Crippen LogP contribution is -2.11. The molecule has 2 aromatic heterocycles. The second-order valence-corrected chi connectivity index (χ2v) is 7.27. The molecule has 1 aromatic carbocycles. The molecule has 0 saturated carbocycles. The van der Waals surface area contributed by atoms with Gasteiger partial charge in [0.05, 0.1) is 30.6 Å². The highest BCUT2D eigenvalue weighted by molar-refractivity contribution is 7.22. The van der Waals surface area contributed by atoms with Crippen LogP contribution in [0, 0.1) is 0 Å². The molecule has 0 atom stereocenters. The maximum absolute atomic E-state index is 12.5. The van der Waals surface area contributed by atoms with Gasteiger partial charge in [-0.25, -0.2) is 14.8 Å². The molecule has 0 bridgehead atoms. The van der Waals surface area contributed by atoms with Crippen molar-refractivity contribution in [2.75, 3.05) is 25.6 Å². The molecule has 8 nitrogen and oxygen atoms in total. The van der Waals surface area contributed by atoms with Crippen molar-refractivity contribution in [3.8, 4) is 5.88 Å². The molecular weight excluding hydrogens is 394 g/mol. The molecule has 1 aliphatic heterocycles. The number of rotatable bonds is 5. The van der Waals surface area contributed by atoms with Crippen LogP contribution < -0.4 is 10.1 Å². The number of hydrogen-bond acceptors (Lipinski definition) is 7. The molecule has 0 fully saturated rings. The lowest BCUT2D eigenvalue weighted by molar-refractivity contribution is 0.0696. The zero-order valence-corrected chi connectivity index (χ0v) is 16.3. The van der Waals surface area contributed by atoms with Crippen LogP contribution in [0.15, 0.2) is 36.5 Å². The largest absolute Gasteiger partial charge is 0.479 e. The Morgan fingerprint density at radius 3 is 2.66 bits per heavy atom. The molecular formula is C20H17N3O5S. The number of nitrogens with one attached hydrogen (secondary N) is 1. The Hall–Kier alpha value is -3.30. The lowest BCUT2D eigenvalue weighted by Gasteiger charge is -2.14. The van der Waals surface area contributed by atoms with Gasteiger partial charge in [-0.15, -0.1) is 0 Å². The second kappa shape index (κ2) is 7.98. The summed E-state index contributed by atoms with van der Waals surface area (Å²) in [5.41, 5.74) is 3.12. The van der Waals surface area contributed by atoms with Crippen LogP contribution in [0.25, 0.3) is 15.8 Å². The first-order chi connectivity index (χ1) is 14.1. The summed E-state index contributed by atoms with van der Waals surface area (Å²) >= 11 is 1.34. The van der Waals surface area contributed by atoms with Gasteiger partial charge in [-0.2, -0.15) is 0 Å². The molecule has 0 aliphatic carbocycles. The summed E-state index contributed by atoms with van der Waals surface area (Å²) in [7, 11) is 1.52. The van der Waals surface area contributed by atoms with Gasteiger partial charge in [-0.05, 0) is 36.3 Å². The van der Waals surface area contributed by atoms with Gasteiger partial charge in [-0.1, -0.05) is 17.4 Å². The zero-order chi connectivity index (χ0) is 20.4. The number of carbonyl (C=O) groups is 2. The number of carboxylic acids is 1. The Morgan fingerprint density at radius 1 is 1.24 bits per heavy atom. The average Bonchev–Trinajstić information content (AvgIpc) is 3.17. The summed E-state index contributed by atoms with van der Waals surface area (Å²) in [5.74, 6) is -1.03. The first-order valence-corrected chi connectivity index (χ1v) is 9.64. The summed E-state index contributed by atoms with van der Waals surface area (Å²) in [6.07, 6.45) is 4.56. The smallest absolute Gasteiger partial charge is 0.335 e. The van der Waals surface area contributed by atoms with Crippen LogP contribution in [-0.4, -0.2) is 47.3 Å². The first kappa shape index (κ1) is 19.0. The van der Waals surface area contributed by atoms with Gasteiger partial charge in [0.2, 0.25) is 5.88 Å². The van der Waals surface area contributed by atoms with Gasteiger partial charge in [0.1, 0.15) is 5.52 Å². The Balaban J connectivity index is 1.66. The summed E-state index contributed by atoms with van der Waals surface area (Å²) in [5, 5.41) is 12.2. The summed E-state index contributed by atoms with van der Waals surface area (Å²) in [4.78, 5) is 32.3. The molecule has 9 heteroatoms. The van der Waals surface area contributed by atoms with Gasteiger partial charge >= 0.3 is 5.97 Å². The van der Waals surface area contributed by atoms with E-state index in [9.17, 15) is 9.59 Å². The first-order valence-electron chi connectivity index (χ1n) is 8.82. The summed E-state index contributed by atoms with van der Waals surface area (Å²) < 4.78 is 11.6. The van der Waals surface area contributed by atoms with Crippen molar-refractivity contribution in [1.82, 2.24) is 9.97 Å². The maximum Gasteiger partial charge on any atom is 0.335 e. The third-order valence-corrected chi connectivity index (χ3v) is 5.51. The van der Waals surface area contributed by atoms with E-state index in [0.717, 1.165) is 22.3 Å². The van der Waals surface area contributed by atoms with Crippen LogP contribution in [0.4, 0.5) is 5.13 Å². The molecule has 0 spiro atoms. The van der Waals surface area contributed by atoms with E-state index in [1.807, 2.05) is 6.08 Å². The van der Waals surface area contributed by atoms with Crippen LogP contribution >= 0.6 is 11.3 Å². The minimum atomic E-state index is -1.04. The van der Waals surface area contributed by atoms with Crippen molar-refractivity contribution >= 4 is 44.1 Å². The number of aromatic carboxylic acids is 1. The van der Waals surface area contributed by atoms with E-state index in [0.29, 0.717) is 35.3 Å². The monoisotopic (exact) mass is 411 g/mol. The third kappa shape index (κ3) is 3.82. The van der Waals surface area contributed by atoms with Crippen LogP contribution in [0.3, 0.4) is 0 Å². The normalized spacial score (nSPS) is 13.8. The number of anilines is 1. The molecule has 2 N–H and O–H groups in total. The highest BCUT2D eigenvalue weighted by atomic mass is 32.1. The van der Waals surface area contributed by atoms with Gasteiger partial charge in [-0.3, -0.25) is 10.1 Å². The van der Waals surface area contributed by atoms with E-state index in [1.165, 1.54) is 42.7 Å². The number of carbonyl (C=O) groups excluding carboxylic acids is 1. The number of amides is 1. The van der Waals surface area contributed by atoms with Crippen LogP contribution in [0.2, 0.25) is 0 Å². The van der Waals surface area contributed by atoms with Crippen molar-refractivity contribution in [2.45, 2.75) is 6.42 Å². The summed E-state index contributed by atoms with van der Waals surface area (Å²) in [6.45, 7) is 1.20. The lowest BCUT2D eigenvalue weighted by atomic mass is 10.0. The number of hydrogen-bond donors (Lipinski definition) is 2. The van der Waals surface area contributed by atoms with E-state index in [4.69, 9.17) is 14.6 Å². The predicted octanol–water partition coefficient (Wildman–Crippen LogP) is 3.45. The highest BCUT2D eigenvalue weighted by Crippen LogP contribution is 2.37. The number of thiazole rings is 1. The van der Waals surface area contributed by atoms with Gasteiger partial charge in [0.25, 0.3) is 5.91 Å². The van der Waals surface area contributed by atoms with Crippen molar-refractivity contribution in [3.05, 3.63) is 53.2 Å². The Labute approximate surface area is 169 Å². The minimum Gasteiger partial charge on any atom is -0.479 e. The van der Waals surface area contributed by atoms with Gasteiger partial charge in [0, 0.05) is 17.3 Å². The fourth-order valence-corrected chi connectivity index (χ4v) is 4.02. The fraction of sp³-hybridized carbons (Fsp3) is 0.200. The topological polar surface area (TPSA) is 111 Å². The number of ether oxygens (including phenoxy) is 2. The van der Waals surface area contributed by atoms with Crippen LogP contribution in [0.1, 0.15) is 32.7 Å². The molecule has 29 heavy (non-hydrogen) atoms. The van der Waals surface area contributed by atoms with E-state index in [2.05, 4.69) is 15.3 Å². The number of methoxy groups -OCH3 is 1. The summed E-state index contributed by atoms with van der Waals surface area (Å²) in [6, 6.07) is 5.70. The van der Waals surface area contributed by atoms with E-state index in [-0.39, 0.29) is 11.5 Å². The number of carboxylic acid groups (broad SMARTS) is 1. The number of nitrogens with zero attached hydrogens (tertiary/aromatic N) is 2. The van der Waals surface area contributed by atoms with Crippen molar-refractivity contribution in [1.29, 1.82) is 0 Å².